The maximum absolute atomic E-state index is 6.14. The first-order valence-electron chi connectivity index (χ1n) is 4.82. The Labute approximate surface area is 97.4 Å². The predicted octanol–water partition coefficient (Wildman–Crippen LogP) is 2.53. The van der Waals surface area contributed by atoms with Gasteiger partial charge in [0.25, 0.3) is 0 Å². The van der Waals surface area contributed by atoms with Gasteiger partial charge in [-0.1, -0.05) is 18.2 Å². The van der Waals surface area contributed by atoms with Crippen molar-refractivity contribution in [3.63, 3.8) is 0 Å². The van der Waals surface area contributed by atoms with Crippen LogP contribution in [-0.4, -0.2) is 9.78 Å². The highest BCUT2D eigenvalue weighted by atomic mass is 79.9. The van der Waals surface area contributed by atoms with Crippen molar-refractivity contribution >= 4 is 26.8 Å². The van der Waals surface area contributed by atoms with Gasteiger partial charge in [-0.25, -0.2) is 0 Å². The molecule has 0 atom stereocenters. The number of aryl methyl sites for hydroxylation is 1. The van der Waals surface area contributed by atoms with Gasteiger partial charge < -0.3 is 5.73 Å². The Morgan fingerprint density at radius 3 is 2.67 bits per heavy atom. The van der Waals surface area contributed by atoms with E-state index < -0.39 is 0 Å². The largest absolute Gasteiger partial charge is 0.322 e. The number of rotatable bonds is 1. The number of fused-ring (bicyclic) bond motifs is 1. The van der Waals surface area contributed by atoms with Crippen LogP contribution < -0.4 is 5.73 Å². The van der Waals surface area contributed by atoms with Crippen molar-refractivity contribution in [2.24, 2.45) is 12.8 Å². The minimum absolute atomic E-state index is 0.354. The lowest BCUT2D eigenvalue weighted by Crippen LogP contribution is -2.29. The Morgan fingerprint density at radius 1 is 1.40 bits per heavy atom. The molecule has 3 nitrogen and oxygen atoms in total. The molecule has 1 heterocycles. The number of hydrogen-bond acceptors (Lipinski definition) is 2. The summed E-state index contributed by atoms with van der Waals surface area (Å²) >= 11 is 3.45. The van der Waals surface area contributed by atoms with Crippen molar-refractivity contribution < 1.29 is 0 Å². The van der Waals surface area contributed by atoms with Crippen LogP contribution in [0.15, 0.2) is 22.8 Å². The van der Waals surface area contributed by atoms with Crippen molar-refractivity contribution in [3.05, 3.63) is 28.4 Å². The van der Waals surface area contributed by atoms with E-state index in [-0.39, 0.29) is 5.54 Å². The van der Waals surface area contributed by atoms with Crippen LogP contribution in [0.2, 0.25) is 0 Å². The summed E-state index contributed by atoms with van der Waals surface area (Å²) in [5.41, 5.74) is 8.00. The van der Waals surface area contributed by atoms with E-state index in [1.807, 2.05) is 37.7 Å². The summed E-state index contributed by atoms with van der Waals surface area (Å²) in [5.74, 6) is 0. The third kappa shape index (κ3) is 1.68. The van der Waals surface area contributed by atoms with E-state index in [4.69, 9.17) is 5.73 Å². The Bertz CT molecular complexity index is 508. The summed E-state index contributed by atoms with van der Waals surface area (Å²) < 4.78 is 2.73. The van der Waals surface area contributed by atoms with Gasteiger partial charge in [0.1, 0.15) is 4.60 Å². The first-order valence-corrected chi connectivity index (χ1v) is 5.61. The fourth-order valence-corrected chi connectivity index (χ4v) is 2.37. The molecule has 0 aliphatic rings. The lowest BCUT2D eigenvalue weighted by Gasteiger charge is -2.20. The van der Waals surface area contributed by atoms with E-state index in [9.17, 15) is 0 Å². The highest BCUT2D eigenvalue weighted by molar-refractivity contribution is 9.10. The zero-order valence-electron chi connectivity index (χ0n) is 9.08. The van der Waals surface area contributed by atoms with E-state index in [1.54, 1.807) is 0 Å². The zero-order valence-corrected chi connectivity index (χ0v) is 10.7. The van der Waals surface area contributed by atoms with Crippen molar-refractivity contribution in [2.45, 2.75) is 19.4 Å². The third-order valence-corrected chi connectivity index (χ3v) is 3.10. The average molecular weight is 268 g/mol. The number of para-hydroxylation sites is 1. The molecule has 2 N–H and O–H groups in total. The number of nitrogens with two attached hydrogens (primary N) is 1. The molecular weight excluding hydrogens is 254 g/mol. The molecule has 0 aliphatic carbocycles. The Hall–Kier alpha value is -0.870. The van der Waals surface area contributed by atoms with Gasteiger partial charge in [-0.2, -0.15) is 5.10 Å². The summed E-state index contributed by atoms with van der Waals surface area (Å²) in [6.45, 7) is 4.01. The average Bonchev–Trinajstić information content (AvgIpc) is 2.41. The fraction of sp³-hybridized carbons (Fsp3) is 0.364. The van der Waals surface area contributed by atoms with Gasteiger partial charge in [0.15, 0.2) is 0 Å². The minimum Gasteiger partial charge on any atom is -0.322 e. The maximum Gasteiger partial charge on any atom is 0.135 e. The van der Waals surface area contributed by atoms with Crippen LogP contribution in [-0.2, 0) is 12.6 Å². The molecule has 0 fully saturated rings. The summed E-state index contributed by atoms with van der Waals surface area (Å²) in [4.78, 5) is 0. The van der Waals surface area contributed by atoms with Crippen LogP contribution in [0.25, 0.3) is 10.9 Å². The smallest absolute Gasteiger partial charge is 0.135 e. The standard InChI is InChI=1S/C11H14BrN3/c1-11(2,13)8-6-4-5-7-9(8)15(3)14-10(7)12/h4-6H,13H2,1-3H3. The second-order valence-corrected chi connectivity index (χ2v) is 5.09. The number of nitrogens with zero attached hydrogens (tertiary/aromatic N) is 2. The van der Waals surface area contributed by atoms with E-state index in [0.29, 0.717) is 0 Å². The van der Waals surface area contributed by atoms with Crippen LogP contribution in [0.3, 0.4) is 0 Å². The summed E-state index contributed by atoms with van der Waals surface area (Å²) in [7, 11) is 1.93. The molecule has 1 aromatic heterocycles. The molecule has 0 unspecified atom stereocenters. The molecule has 4 heteroatoms. The molecule has 0 bridgehead atoms. The van der Waals surface area contributed by atoms with Crippen LogP contribution in [0, 0.1) is 0 Å². The van der Waals surface area contributed by atoms with E-state index >= 15 is 0 Å². The lowest BCUT2D eigenvalue weighted by atomic mass is 9.94. The Balaban J connectivity index is 2.87. The molecule has 0 radical (unpaired) electrons. The van der Waals surface area contributed by atoms with Gasteiger partial charge in [-0.3, -0.25) is 4.68 Å². The van der Waals surface area contributed by atoms with Gasteiger partial charge in [-0.05, 0) is 35.3 Å². The van der Waals surface area contributed by atoms with Crippen LogP contribution in [0.4, 0.5) is 0 Å². The SMILES string of the molecule is Cn1nc(Br)c2cccc(C(C)(C)N)c21. The Morgan fingerprint density at radius 2 is 2.07 bits per heavy atom. The van der Waals surface area contributed by atoms with E-state index in [0.717, 1.165) is 21.1 Å². The molecule has 80 valence electrons. The quantitative estimate of drug-likeness (QED) is 0.863. The molecule has 0 aliphatic heterocycles. The maximum atomic E-state index is 6.14. The van der Waals surface area contributed by atoms with Crippen LogP contribution in [0.5, 0.6) is 0 Å². The fourth-order valence-electron chi connectivity index (χ4n) is 1.81. The molecule has 0 amide bonds. The minimum atomic E-state index is -0.354. The summed E-state index contributed by atoms with van der Waals surface area (Å²) in [5, 5.41) is 5.45. The van der Waals surface area contributed by atoms with Gasteiger partial charge in [0.2, 0.25) is 0 Å². The topological polar surface area (TPSA) is 43.8 Å². The number of benzene rings is 1. The lowest BCUT2D eigenvalue weighted by molar-refractivity contribution is 0.555. The second-order valence-electron chi connectivity index (χ2n) is 4.34. The van der Waals surface area contributed by atoms with Gasteiger partial charge in [-0.15, -0.1) is 0 Å². The van der Waals surface area contributed by atoms with Gasteiger partial charge in [0.05, 0.1) is 5.52 Å². The number of aromatic nitrogens is 2. The number of halogens is 1. The van der Waals surface area contributed by atoms with E-state index in [2.05, 4.69) is 27.1 Å². The monoisotopic (exact) mass is 267 g/mol. The van der Waals surface area contributed by atoms with Crippen molar-refractivity contribution in [1.29, 1.82) is 0 Å². The first-order chi connectivity index (χ1) is 6.91. The molecule has 1 aromatic carbocycles. The summed E-state index contributed by atoms with van der Waals surface area (Å²) in [6, 6.07) is 6.11. The van der Waals surface area contributed by atoms with Crippen LogP contribution in [0.1, 0.15) is 19.4 Å². The highest BCUT2D eigenvalue weighted by Crippen LogP contribution is 2.30. The molecule has 0 spiro atoms. The second kappa shape index (κ2) is 3.32. The molecule has 15 heavy (non-hydrogen) atoms. The molecule has 0 saturated carbocycles. The first kappa shape index (κ1) is 10.6. The molecule has 2 aromatic rings. The van der Waals surface area contributed by atoms with Crippen LogP contribution >= 0.6 is 15.9 Å². The predicted molar refractivity (Wildman–Crippen MR) is 65.6 cm³/mol. The van der Waals surface area contributed by atoms with Gasteiger partial charge in [0, 0.05) is 18.0 Å². The third-order valence-electron chi connectivity index (χ3n) is 2.51. The molecular formula is C11H14BrN3. The van der Waals surface area contributed by atoms with Crippen molar-refractivity contribution in [3.8, 4) is 0 Å². The molecule has 0 saturated heterocycles. The van der Waals surface area contributed by atoms with E-state index in [1.165, 1.54) is 0 Å². The van der Waals surface area contributed by atoms with Crippen molar-refractivity contribution in [2.75, 3.05) is 0 Å². The summed E-state index contributed by atoms with van der Waals surface area (Å²) in [6.07, 6.45) is 0. The molecule has 2 rings (SSSR count). The number of hydrogen-bond donors (Lipinski definition) is 1. The highest BCUT2D eigenvalue weighted by Gasteiger charge is 2.20. The Kier molecular flexibility index (Phi) is 2.35. The van der Waals surface area contributed by atoms with Crippen molar-refractivity contribution in [1.82, 2.24) is 9.78 Å². The normalized spacial score (nSPS) is 12.3. The zero-order chi connectivity index (χ0) is 11.2. The van der Waals surface area contributed by atoms with Gasteiger partial charge >= 0.3 is 0 Å².